The molecule has 0 aromatic rings. The molecule has 0 nitrogen and oxygen atoms in total. The third-order valence-corrected chi connectivity index (χ3v) is 10.8. The normalized spacial score (nSPS) is 63.1. The van der Waals surface area contributed by atoms with E-state index in [1.54, 1.807) is 25.7 Å². The molecule has 0 aromatic carbocycles. The molecule has 5 rings (SSSR count). The predicted molar refractivity (Wildman–Crippen MR) is 102 cm³/mol. The van der Waals surface area contributed by atoms with Crippen LogP contribution in [0.5, 0.6) is 0 Å². The number of rotatable bonds is 4. The summed E-state index contributed by atoms with van der Waals surface area (Å²) in [4.78, 5) is 0. The first kappa shape index (κ1) is 16.2. The zero-order valence-electron chi connectivity index (χ0n) is 16.8. The van der Waals surface area contributed by atoms with E-state index in [-0.39, 0.29) is 0 Å². The van der Waals surface area contributed by atoms with E-state index in [1.165, 1.54) is 19.3 Å². The van der Waals surface area contributed by atoms with Crippen molar-refractivity contribution in [3.05, 3.63) is 0 Å². The Balaban J connectivity index is 1.51. The lowest BCUT2D eigenvalue weighted by atomic mass is 9.62. The van der Waals surface area contributed by atoms with Crippen LogP contribution < -0.4 is 0 Å². The van der Waals surface area contributed by atoms with Gasteiger partial charge >= 0.3 is 0 Å². The van der Waals surface area contributed by atoms with Gasteiger partial charge in [0.15, 0.2) is 0 Å². The third-order valence-electron chi connectivity index (χ3n) is 10.8. The molecule has 0 N–H and O–H groups in total. The highest BCUT2D eigenvalue weighted by Crippen LogP contribution is 2.81. The number of hydrogen-bond donors (Lipinski definition) is 0. The maximum absolute atomic E-state index is 2.64. The Morgan fingerprint density at radius 3 is 2.29 bits per heavy atom. The Kier molecular flexibility index (Phi) is 3.55. The van der Waals surface area contributed by atoms with E-state index in [0.29, 0.717) is 0 Å². The fourth-order valence-electron chi connectivity index (χ4n) is 10.3. The summed E-state index contributed by atoms with van der Waals surface area (Å²) in [6.07, 6.45) is 10.8. The Morgan fingerprint density at radius 2 is 1.62 bits per heavy atom. The maximum Gasteiger partial charge on any atom is -0.0230 e. The average Bonchev–Trinajstić information content (AvgIpc) is 2.91. The van der Waals surface area contributed by atoms with Crippen LogP contribution >= 0.6 is 0 Å². The topological polar surface area (TPSA) is 0 Å². The molecule has 0 spiro atoms. The molecule has 5 aliphatic carbocycles. The zero-order valence-corrected chi connectivity index (χ0v) is 16.8. The van der Waals surface area contributed by atoms with E-state index < -0.39 is 0 Å². The molecule has 12 atom stereocenters. The average molecular weight is 329 g/mol. The number of fused-ring (bicyclic) bond motifs is 11. The molecular weight excluding hydrogens is 288 g/mol. The van der Waals surface area contributed by atoms with Crippen LogP contribution in [0.2, 0.25) is 0 Å². The second kappa shape index (κ2) is 5.26. The van der Waals surface area contributed by atoms with Crippen molar-refractivity contribution in [1.82, 2.24) is 0 Å². The van der Waals surface area contributed by atoms with Crippen molar-refractivity contribution >= 4 is 0 Å². The van der Waals surface area contributed by atoms with Crippen LogP contribution in [0.1, 0.15) is 79.6 Å². The third kappa shape index (κ3) is 1.72. The van der Waals surface area contributed by atoms with Crippen molar-refractivity contribution in [2.24, 2.45) is 70.5 Å². The van der Waals surface area contributed by atoms with E-state index in [4.69, 9.17) is 0 Å². The summed E-state index contributed by atoms with van der Waals surface area (Å²) in [7, 11) is 0. The van der Waals surface area contributed by atoms with Gasteiger partial charge in [0.05, 0.1) is 0 Å². The molecule has 5 aliphatic rings. The fourth-order valence-corrected chi connectivity index (χ4v) is 10.3. The van der Waals surface area contributed by atoms with E-state index in [2.05, 4.69) is 34.6 Å². The minimum Gasteiger partial charge on any atom is -0.0654 e. The van der Waals surface area contributed by atoms with E-state index in [9.17, 15) is 0 Å². The van der Waals surface area contributed by atoms with E-state index >= 15 is 0 Å². The Bertz CT molecular complexity index is 508. The second-order valence-corrected chi connectivity index (χ2v) is 10.9. The highest BCUT2D eigenvalue weighted by Gasteiger charge is 2.75. The first-order valence-corrected chi connectivity index (χ1v) is 11.6. The Labute approximate surface area is 150 Å². The molecule has 0 amide bonds. The van der Waals surface area contributed by atoms with Crippen LogP contribution in [0, 0.1) is 70.5 Å². The summed E-state index contributed by atoms with van der Waals surface area (Å²) in [6.45, 7) is 12.7. The molecule has 0 heteroatoms. The largest absolute Gasteiger partial charge is 0.0654 e. The van der Waals surface area contributed by atoms with Gasteiger partial charge in [-0.2, -0.15) is 0 Å². The molecule has 136 valence electrons. The lowest BCUT2D eigenvalue weighted by Gasteiger charge is -2.43. The maximum atomic E-state index is 2.64. The second-order valence-electron chi connectivity index (χ2n) is 10.9. The van der Waals surface area contributed by atoms with Gasteiger partial charge < -0.3 is 0 Å². The first-order chi connectivity index (χ1) is 11.6. The first-order valence-electron chi connectivity index (χ1n) is 11.6. The summed E-state index contributed by atoms with van der Waals surface area (Å²) < 4.78 is 0. The van der Waals surface area contributed by atoms with Gasteiger partial charge in [-0.25, -0.2) is 0 Å². The van der Waals surface area contributed by atoms with Crippen molar-refractivity contribution in [3.63, 3.8) is 0 Å². The minimum atomic E-state index is 0.826. The molecule has 12 unspecified atom stereocenters. The van der Waals surface area contributed by atoms with E-state index in [0.717, 1.165) is 70.5 Å². The molecule has 0 aromatic heterocycles. The summed E-state index contributed by atoms with van der Waals surface area (Å²) in [5, 5.41) is 0. The number of hydrogen-bond acceptors (Lipinski definition) is 0. The van der Waals surface area contributed by atoms with Gasteiger partial charge in [0.1, 0.15) is 0 Å². The van der Waals surface area contributed by atoms with E-state index in [1.807, 2.05) is 0 Å². The van der Waals surface area contributed by atoms with Crippen molar-refractivity contribution in [2.75, 3.05) is 0 Å². The lowest BCUT2D eigenvalue weighted by Crippen LogP contribution is -2.36. The van der Waals surface area contributed by atoms with Crippen LogP contribution in [-0.2, 0) is 0 Å². The zero-order chi connectivity index (χ0) is 16.8. The monoisotopic (exact) mass is 328 g/mol. The lowest BCUT2D eigenvalue weighted by molar-refractivity contribution is 0.0562. The fraction of sp³-hybridized carbons (Fsp3) is 1.00. The predicted octanol–water partition coefficient (Wildman–Crippen LogP) is 6.65. The molecule has 5 saturated carbocycles. The van der Waals surface area contributed by atoms with Crippen LogP contribution in [-0.4, -0.2) is 0 Å². The van der Waals surface area contributed by atoms with Gasteiger partial charge in [-0.05, 0) is 96.2 Å². The van der Waals surface area contributed by atoms with Crippen LogP contribution in [0.15, 0.2) is 0 Å². The molecule has 5 fully saturated rings. The molecule has 0 heterocycles. The summed E-state index contributed by atoms with van der Waals surface area (Å²) >= 11 is 0. The molecule has 0 aliphatic heterocycles. The molecule has 0 saturated heterocycles. The van der Waals surface area contributed by atoms with Crippen LogP contribution in [0.3, 0.4) is 0 Å². The summed E-state index contributed by atoms with van der Waals surface area (Å²) in [5.74, 6) is 12.1. The standard InChI is InChI=1S/C24H40/c1-6-9-24-12-15-10-19(23(24)20(24)8-3)22-18-11-17(21(15)22)14(5)13(4)16(18)7-2/h13-23H,6-12H2,1-5H3. The van der Waals surface area contributed by atoms with Crippen molar-refractivity contribution in [3.8, 4) is 0 Å². The highest BCUT2D eigenvalue weighted by molar-refractivity contribution is 5.23. The van der Waals surface area contributed by atoms with Gasteiger partial charge in [-0.1, -0.05) is 53.9 Å². The van der Waals surface area contributed by atoms with Gasteiger partial charge in [0, 0.05) is 0 Å². The van der Waals surface area contributed by atoms with Crippen LogP contribution in [0.25, 0.3) is 0 Å². The van der Waals surface area contributed by atoms with Gasteiger partial charge in [0.2, 0.25) is 0 Å². The minimum absolute atomic E-state index is 0.826. The quantitative estimate of drug-likeness (QED) is 0.507. The van der Waals surface area contributed by atoms with Gasteiger partial charge in [-0.3, -0.25) is 0 Å². The van der Waals surface area contributed by atoms with Gasteiger partial charge in [0.25, 0.3) is 0 Å². The van der Waals surface area contributed by atoms with Crippen molar-refractivity contribution in [1.29, 1.82) is 0 Å². The summed E-state index contributed by atoms with van der Waals surface area (Å²) in [5.41, 5.74) is 0.826. The molecule has 0 radical (unpaired) electrons. The molecule has 4 bridgehead atoms. The molecule has 24 heavy (non-hydrogen) atoms. The van der Waals surface area contributed by atoms with Crippen LogP contribution in [0.4, 0.5) is 0 Å². The van der Waals surface area contributed by atoms with Gasteiger partial charge in [-0.15, -0.1) is 0 Å². The SMILES string of the molecule is CCCC12CC3CC(C4C5CC(C(C)C(C)C5CC)C34)C1C2CC. The highest BCUT2D eigenvalue weighted by atomic mass is 14.8. The Hall–Kier alpha value is 0. The summed E-state index contributed by atoms with van der Waals surface area (Å²) in [6, 6.07) is 0. The van der Waals surface area contributed by atoms with Crippen molar-refractivity contribution < 1.29 is 0 Å². The Morgan fingerprint density at radius 1 is 0.833 bits per heavy atom. The van der Waals surface area contributed by atoms with Crippen molar-refractivity contribution in [2.45, 2.75) is 79.6 Å². The smallest absolute Gasteiger partial charge is 0.0230 e. The molecular formula is C24H40.